The smallest absolute Gasteiger partial charge is 0.0662 e. The van der Waals surface area contributed by atoms with Crippen molar-refractivity contribution in [3.8, 4) is 0 Å². The highest BCUT2D eigenvalue weighted by atomic mass is 16.5. The van der Waals surface area contributed by atoms with Crippen molar-refractivity contribution in [2.75, 3.05) is 20.3 Å². The van der Waals surface area contributed by atoms with Gasteiger partial charge in [-0.25, -0.2) is 0 Å². The van der Waals surface area contributed by atoms with Gasteiger partial charge in [-0.2, -0.15) is 0 Å². The van der Waals surface area contributed by atoms with Crippen LogP contribution < -0.4 is 5.32 Å². The Balaban J connectivity index is 2.38. The van der Waals surface area contributed by atoms with E-state index in [0.29, 0.717) is 6.61 Å². The van der Waals surface area contributed by atoms with Crippen LogP contribution in [0.25, 0.3) is 10.8 Å². The molecule has 0 spiro atoms. The van der Waals surface area contributed by atoms with E-state index >= 15 is 0 Å². The number of likely N-dealkylation sites (N-methyl/N-ethyl adjacent to an activating group) is 1. The van der Waals surface area contributed by atoms with E-state index in [1.54, 1.807) is 0 Å². The molecule has 0 amide bonds. The van der Waals surface area contributed by atoms with Gasteiger partial charge in [-0.3, -0.25) is 4.98 Å². The first-order valence-corrected chi connectivity index (χ1v) is 5.94. The van der Waals surface area contributed by atoms with Crippen LogP contribution in [0.5, 0.6) is 0 Å². The van der Waals surface area contributed by atoms with E-state index in [9.17, 15) is 0 Å². The van der Waals surface area contributed by atoms with Gasteiger partial charge < -0.3 is 10.1 Å². The lowest BCUT2D eigenvalue weighted by Crippen LogP contribution is -2.22. The van der Waals surface area contributed by atoms with E-state index in [1.807, 2.05) is 32.4 Å². The maximum Gasteiger partial charge on any atom is 0.0662 e. The number of ether oxygens (including phenoxy) is 1. The van der Waals surface area contributed by atoms with Crippen molar-refractivity contribution in [1.29, 1.82) is 0 Å². The predicted octanol–water partition coefficient (Wildman–Crippen LogP) is 2.53. The normalized spacial score (nSPS) is 12.8. The summed E-state index contributed by atoms with van der Waals surface area (Å²) in [5.41, 5.74) is 1.19. The van der Waals surface area contributed by atoms with Gasteiger partial charge >= 0.3 is 0 Å². The number of rotatable bonds is 5. The minimum Gasteiger partial charge on any atom is -0.380 e. The van der Waals surface area contributed by atoms with E-state index in [2.05, 4.69) is 28.5 Å². The Bertz CT molecular complexity index is 479. The fourth-order valence-corrected chi connectivity index (χ4v) is 1.98. The van der Waals surface area contributed by atoms with Crippen molar-refractivity contribution >= 4 is 10.8 Å². The van der Waals surface area contributed by atoms with Crippen LogP contribution in [-0.2, 0) is 4.74 Å². The van der Waals surface area contributed by atoms with Crippen molar-refractivity contribution < 1.29 is 4.74 Å². The van der Waals surface area contributed by atoms with Gasteiger partial charge in [-0.05, 0) is 24.9 Å². The van der Waals surface area contributed by atoms with Crippen molar-refractivity contribution in [2.45, 2.75) is 13.0 Å². The van der Waals surface area contributed by atoms with Gasteiger partial charge in [-0.15, -0.1) is 0 Å². The molecule has 0 aliphatic carbocycles. The monoisotopic (exact) mass is 230 g/mol. The Hall–Kier alpha value is -1.45. The van der Waals surface area contributed by atoms with Crippen LogP contribution in [-0.4, -0.2) is 25.2 Å². The highest BCUT2D eigenvalue weighted by Gasteiger charge is 2.12. The topological polar surface area (TPSA) is 34.1 Å². The number of nitrogens with zero attached hydrogens (tertiary/aromatic N) is 1. The first-order chi connectivity index (χ1) is 8.36. The summed E-state index contributed by atoms with van der Waals surface area (Å²) in [5, 5.41) is 5.69. The molecule has 17 heavy (non-hydrogen) atoms. The van der Waals surface area contributed by atoms with Crippen molar-refractivity contribution in [3.63, 3.8) is 0 Å². The Morgan fingerprint density at radius 1 is 1.29 bits per heavy atom. The molecule has 0 radical (unpaired) electrons. The summed E-state index contributed by atoms with van der Waals surface area (Å²) in [6.07, 6.45) is 3.81. The second-order valence-corrected chi connectivity index (χ2v) is 3.95. The molecule has 0 bridgehead atoms. The molecule has 2 rings (SSSR count). The molecule has 0 saturated heterocycles. The second-order valence-electron chi connectivity index (χ2n) is 3.95. The number of hydrogen-bond donors (Lipinski definition) is 1. The molecule has 0 saturated carbocycles. The Morgan fingerprint density at radius 2 is 2.12 bits per heavy atom. The van der Waals surface area contributed by atoms with Gasteiger partial charge in [0.25, 0.3) is 0 Å². The molecule has 1 atom stereocenters. The Labute approximate surface area is 102 Å². The summed E-state index contributed by atoms with van der Waals surface area (Å²) in [6.45, 7) is 3.41. The molecular formula is C14H18N2O. The third-order valence-electron chi connectivity index (χ3n) is 2.91. The molecule has 0 aliphatic heterocycles. The molecule has 3 nitrogen and oxygen atoms in total. The maximum absolute atomic E-state index is 5.50. The van der Waals surface area contributed by atoms with E-state index in [0.717, 1.165) is 6.61 Å². The lowest BCUT2D eigenvalue weighted by molar-refractivity contribution is 0.125. The summed E-state index contributed by atoms with van der Waals surface area (Å²) in [5.74, 6) is 0. The van der Waals surface area contributed by atoms with E-state index in [4.69, 9.17) is 4.74 Å². The number of hydrogen-bond acceptors (Lipinski definition) is 3. The number of aromatic nitrogens is 1. The standard InChI is InChI=1S/C14H18N2O/c1-3-17-10-14(15-2)13-9-16-8-11-6-4-5-7-12(11)13/h4-9,14-15H,3,10H2,1-2H3. The summed E-state index contributed by atoms with van der Waals surface area (Å²) in [6, 6.07) is 8.49. The van der Waals surface area contributed by atoms with Gasteiger partial charge in [0.15, 0.2) is 0 Å². The van der Waals surface area contributed by atoms with E-state index in [1.165, 1.54) is 16.3 Å². The first kappa shape index (κ1) is 12.0. The fraction of sp³-hybridized carbons (Fsp3) is 0.357. The van der Waals surface area contributed by atoms with Crippen molar-refractivity contribution in [2.24, 2.45) is 0 Å². The molecule has 1 unspecified atom stereocenters. The molecule has 90 valence electrons. The largest absolute Gasteiger partial charge is 0.380 e. The minimum atomic E-state index is 0.188. The number of pyridine rings is 1. The van der Waals surface area contributed by atoms with Crippen molar-refractivity contribution in [3.05, 3.63) is 42.2 Å². The number of benzene rings is 1. The molecule has 2 aromatic rings. The van der Waals surface area contributed by atoms with Crippen LogP contribution >= 0.6 is 0 Å². The maximum atomic E-state index is 5.50. The minimum absolute atomic E-state index is 0.188. The summed E-state index contributed by atoms with van der Waals surface area (Å²) >= 11 is 0. The molecule has 1 aromatic heterocycles. The Kier molecular flexibility index (Phi) is 4.07. The third kappa shape index (κ3) is 2.62. The zero-order valence-electron chi connectivity index (χ0n) is 10.3. The van der Waals surface area contributed by atoms with Gasteiger partial charge in [-0.1, -0.05) is 24.3 Å². The molecule has 0 aliphatic rings. The molecule has 1 N–H and O–H groups in total. The van der Waals surface area contributed by atoms with Crippen LogP contribution in [0.15, 0.2) is 36.7 Å². The zero-order valence-corrected chi connectivity index (χ0v) is 10.3. The summed E-state index contributed by atoms with van der Waals surface area (Å²) in [4.78, 5) is 4.29. The van der Waals surface area contributed by atoms with Crippen LogP contribution in [0.2, 0.25) is 0 Å². The van der Waals surface area contributed by atoms with Gasteiger partial charge in [0.05, 0.1) is 12.6 Å². The molecule has 0 fully saturated rings. The van der Waals surface area contributed by atoms with Crippen LogP contribution in [0.3, 0.4) is 0 Å². The molecule has 1 heterocycles. The number of fused-ring (bicyclic) bond motifs is 1. The average Bonchev–Trinajstić information content (AvgIpc) is 2.40. The highest BCUT2D eigenvalue weighted by Crippen LogP contribution is 2.23. The zero-order chi connectivity index (χ0) is 12.1. The molecular weight excluding hydrogens is 212 g/mol. The van der Waals surface area contributed by atoms with E-state index < -0.39 is 0 Å². The second kappa shape index (κ2) is 5.75. The first-order valence-electron chi connectivity index (χ1n) is 5.94. The van der Waals surface area contributed by atoms with Gasteiger partial charge in [0.1, 0.15) is 0 Å². The number of nitrogens with one attached hydrogen (secondary N) is 1. The summed E-state index contributed by atoms with van der Waals surface area (Å²) in [7, 11) is 1.95. The average molecular weight is 230 g/mol. The lowest BCUT2D eigenvalue weighted by atomic mass is 10.0. The van der Waals surface area contributed by atoms with Gasteiger partial charge in [0.2, 0.25) is 0 Å². The molecule has 1 aromatic carbocycles. The van der Waals surface area contributed by atoms with Gasteiger partial charge in [0, 0.05) is 24.4 Å². The van der Waals surface area contributed by atoms with Crippen LogP contribution in [0.4, 0.5) is 0 Å². The Morgan fingerprint density at radius 3 is 2.88 bits per heavy atom. The SMILES string of the molecule is CCOCC(NC)c1cncc2ccccc12. The fourth-order valence-electron chi connectivity index (χ4n) is 1.98. The lowest BCUT2D eigenvalue weighted by Gasteiger charge is -2.17. The highest BCUT2D eigenvalue weighted by molar-refractivity contribution is 5.85. The summed E-state index contributed by atoms with van der Waals surface area (Å²) < 4.78 is 5.50. The van der Waals surface area contributed by atoms with Crippen molar-refractivity contribution in [1.82, 2.24) is 10.3 Å². The van der Waals surface area contributed by atoms with Crippen LogP contribution in [0.1, 0.15) is 18.5 Å². The molecule has 3 heteroatoms. The van der Waals surface area contributed by atoms with E-state index in [-0.39, 0.29) is 6.04 Å². The van der Waals surface area contributed by atoms with Crippen LogP contribution in [0, 0.1) is 0 Å². The third-order valence-corrected chi connectivity index (χ3v) is 2.91. The predicted molar refractivity (Wildman–Crippen MR) is 70.0 cm³/mol. The quantitative estimate of drug-likeness (QED) is 0.857.